The molecule has 0 saturated carbocycles. The van der Waals surface area contributed by atoms with Crippen molar-refractivity contribution in [2.45, 2.75) is 20.4 Å². The molecule has 1 amide bonds. The summed E-state index contributed by atoms with van der Waals surface area (Å²) in [6, 6.07) is 5.38. The number of hydrogen-bond donors (Lipinski definition) is 2. The minimum Gasteiger partial charge on any atom is -0.290 e. The largest absolute Gasteiger partial charge is 0.290 e. The monoisotopic (exact) mass is 400 g/mol. The molecular weight excluding hydrogens is 388 g/mol. The molecule has 0 aliphatic rings. The van der Waals surface area contributed by atoms with Crippen molar-refractivity contribution >= 4 is 37.8 Å². The second-order valence-electron chi connectivity index (χ2n) is 4.42. The van der Waals surface area contributed by atoms with Gasteiger partial charge in [0.25, 0.3) is 5.91 Å². The number of aryl methyl sites for hydroxylation is 1. The van der Waals surface area contributed by atoms with Crippen LogP contribution in [0, 0.1) is 13.8 Å². The predicted molar refractivity (Wildman–Crippen MR) is 84.3 cm³/mol. The van der Waals surface area contributed by atoms with Gasteiger partial charge in [-0.15, -0.1) is 0 Å². The van der Waals surface area contributed by atoms with E-state index in [-0.39, 0.29) is 5.91 Å². The number of carbonyl (C=O) groups excluding carboxylic acids is 1. The van der Waals surface area contributed by atoms with Gasteiger partial charge in [-0.3, -0.25) is 14.9 Å². The Morgan fingerprint density at radius 3 is 2.60 bits per heavy atom. The van der Waals surface area contributed by atoms with Crippen molar-refractivity contribution in [1.82, 2.24) is 15.2 Å². The lowest BCUT2D eigenvalue weighted by atomic mass is 10.1. The maximum absolute atomic E-state index is 11.5. The molecule has 0 unspecified atom stereocenters. The van der Waals surface area contributed by atoms with Crippen LogP contribution in [0.4, 0.5) is 0 Å². The van der Waals surface area contributed by atoms with Gasteiger partial charge in [-0.05, 0) is 47.5 Å². The lowest BCUT2D eigenvalue weighted by molar-refractivity contribution is 0.0953. The van der Waals surface area contributed by atoms with Crippen molar-refractivity contribution in [2.75, 3.05) is 0 Å². The van der Waals surface area contributed by atoms with Gasteiger partial charge in [0.2, 0.25) is 0 Å². The molecule has 1 aromatic carbocycles. The van der Waals surface area contributed by atoms with Gasteiger partial charge >= 0.3 is 0 Å². The molecule has 5 nitrogen and oxygen atoms in total. The molecule has 7 heteroatoms. The Kier molecular flexibility index (Phi) is 4.62. The van der Waals surface area contributed by atoms with Gasteiger partial charge in [-0.25, -0.2) is 5.84 Å². The fourth-order valence-electron chi connectivity index (χ4n) is 1.89. The average molecular weight is 402 g/mol. The highest BCUT2D eigenvalue weighted by molar-refractivity contribution is 9.10. The van der Waals surface area contributed by atoms with Gasteiger partial charge in [-0.2, -0.15) is 5.10 Å². The number of aromatic nitrogens is 2. The Hall–Kier alpha value is -1.18. The van der Waals surface area contributed by atoms with Gasteiger partial charge in [0.05, 0.1) is 22.4 Å². The minimum atomic E-state index is -0.314. The van der Waals surface area contributed by atoms with E-state index in [2.05, 4.69) is 42.4 Å². The zero-order chi connectivity index (χ0) is 14.9. The van der Waals surface area contributed by atoms with Crippen molar-refractivity contribution in [2.24, 2.45) is 5.84 Å². The number of hydrazine groups is 1. The van der Waals surface area contributed by atoms with Gasteiger partial charge in [0.1, 0.15) is 0 Å². The third kappa shape index (κ3) is 2.94. The van der Waals surface area contributed by atoms with Gasteiger partial charge < -0.3 is 0 Å². The second-order valence-corrected chi connectivity index (χ2v) is 6.07. The van der Waals surface area contributed by atoms with Crippen LogP contribution in [0.3, 0.4) is 0 Å². The number of amides is 1. The Labute approximate surface area is 133 Å². The van der Waals surface area contributed by atoms with Crippen LogP contribution in [0.15, 0.2) is 27.1 Å². The Balaban J connectivity index is 2.30. The van der Waals surface area contributed by atoms with Crippen molar-refractivity contribution in [3.63, 3.8) is 0 Å². The number of rotatable bonds is 3. The van der Waals surface area contributed by atoms with Gasteiger partial charge in [0.15, 0.2) is 0 Å². The van der Waals surface area contributed by atoms with E-state index in [9.17, 15) is 4.79 Å². The van der Waals surface area contributed by atoms with Crippen LogP contribution in [-0.4, -0.2) is 15.7 Å². The molecule has 2 rings (SSSR count). The van der Waals surface area contributed by atoms with Crippen LogP contribution in [-0.2, 0) is 6.54 Å². The van der Waals surface area contributed by atoms with Gasteiger partial charge in [-0.1, -0.05) is 22.0 Å². The zero-order valence-corrected chi connectivity index (χ0v) is 14.2. The van der Waals surface area contributed by atoms with Crippen LogP contribution in [0.25, 0.3) is 0 Å². The van der Waals surface area contributed by atoms with Crippen molar-refractivity contribution in [3.05, 3.63) is 49.7 Å². The minimum absolute atomic E-state index is 0.314. The summed E-state index contributed by atoms with van der Waals surface area (Å²) in [5, 5.41) is 4.47. The highest BCUT2D eigenvalue weighted by Crippen LogP contribution is 2.24. The molecule has 0 fully saturated rings. The predicted octanol–water partition coefficient (Wildman–Crippen LogP) is 2.68. The van der Waals surface area contributed by atoms with Crippen LogP contribution < -0.4 is 11.3 Å². The summed E-state index contributed by atoms with van der Waals surface area (Å²) in [4.78, 5) is 11.5. The number of carbonyl (C=O) groups is 1. The average Bonchev–Trinajstić information content (AvgIpc) is 2.67. The number of hydrogen-bond acceptors (Lipinski definition) is 3. The van der Waals surface area contributed by atoms with Crippen LogP contribution >= 0.6 is 31.9 Å². The summed E-state index contributed by atoms with van der Waals surface area (Å²) in [6.07, 6.45) is 0. The second kappa shape index (κ2) is 6.07. The van der Waals surface area contributed by atoms with Gasteiger partial charge in [0, 0.05) is 10.0 Å². The zero-order valence-electron chi connectivity index (χ0n) is 11.1. The van der Waals surface area contributed by atoms with E-state index in [0.29, 0.717) is 12.1 Å². The molecule has 0 radical (unpaired) electrons. The maximum Gasteiger partial charge on any atom is 0.265 e. The third-order valence-electron chi connectivity index (χ3n) is 3.06. The van der Waals surface area contributed by atoms with E-state index in [1.165, 1.54) is 0 Å². The molecule has 0 bridgehead atoms. The molecule has 20 heavy (non-hydrogen) atoms. The standard InChI is InChI=1S/C13H14Br2N4O/c1-7-12(15)8(2)19(18-7)6-10-4-3-9(5-11(10)14)13(20)17-16/h3-5H,6,16H2,1-2H3,(H,17,20). The first-order valence-corrected chi connectivity index (χ1v) is 7.51. The summed E-state index contributed by atoms with van der Waals surface area (Å²) in [6.45, 7) is 4.59. The number of nitrogens with two attached hydrogens (primary N) is 1. The number of nitrogen functional groups attached to an aromatic ring is 1. The van der Waals surface area contributed by atoms with E-state index in [1.54, 1.807) is 12.1 Å². The maximum atomic E-state index is 11.5. The summed E-state index contributed by atoms with van der Waals surface area (Å²) in [7, 11) is 0. The van der Waals surface area contributed by atoms with Crippen LogP contribution in [0.2, 0.25) is 0 Å². The summed E-state index contributed by atoms with van der Waals surface area (Å²) >= 11 is 6.99. The Morgan fingerprint density at radius 2 is 2.10 bits per heavy atom. The van der Waals surface area contributed by atoms with E-state index in [1.807, 2.05) is 24.6 Å². The third-order valence-corrected chi connectivity index (χ3v) is 4.95. The Morgan fingerprint density at radius 1 is 1.40 bits per heavy atom. The molecule has 1 heterocycles. The molecule has 0 aliphatic heterocycles. The van der Waals surface area contributed by atoms with E-state index in [0.717, 1.165) is 25.9 Å². The first kappa shape index (κ1) is 15.2. The summed E-state index contributed by atoms with van der Waals surface area (Å²) < 4.78 is 3.79. The molecule has 106 valence electrons. The van der Waals surface area contributed by atoms with Crippen LogP contribution in [0.1, 0.15) is 27.3 Å². The summed E-state index contributed by atoms with van der Waals surface area (Å²) in [5.74, 6) is 4.81. The summed E-state index contributed by atoms with van der Waals surface area (Å²) in [5.41, 5.74) is 5.69. The quantitative estimate of drug-likeness (QED) is 0.471. The topological polar surface area (TPSA) is 72.9 Å². The molecular formula is C13H14Br2N4O. The van der Waals surface area contributed by atoms with Crippen molar-refractivity contribution < 1.29 is 4.79 Å². The smallest absolute Gasteiger partial charge is 0.265 e. The molecule has 0 atom stereocenters. The number of nitrogens with one attached hydrogen (secondary N) is 1. The Bertz CT molecular complexity index is 667. The fourth-order valence-corrected chi connectivity index (χ4v) is 2.68. The lowest BCUT2D eigenvalue weighted by Gasteiger charge is -2.08. The van der Waals surface area contributed by atoms with Crippen LogP contribution in [0.5, 0.6) is 0 Å². The first-order valence-electron chi connectivity index (χ1n) is 5.93. The van der Waals surface area contributed by atoms with Crippen molar-refractivity contribution in [1.29, 1.82) is 0 Å². The highest BCUT2D eigenvalue weighted by Gasteiger charge is 2.12. The van der Waals surface area contributed by atoms with E-state index >= 15 is 0 Å². The normalized spacial score (nSPS) is 10.7. The van der Waals surface area contributed by atoms with Crippen molar-refractivity contribution in [3.8, 4) is 0 Å². The molecule has 0 saturated heterocycles. The lowest BCUT2D eigenvalue weighted by Crippen LogP contribution is -2.29. The molecule has 0 spiro atoms. The van der Waals surface area contributed by atoms with E-state index < -0.39 is 0 Å². The molecule has 2 aromatic rings. The number of halogens is 2. The van der Waals surface area contributed by atoms with E-state index in [4.69, 9.17) is 5.84 Å². The number of benzene rings is 1. The molecule has 3 N–H and O–H groups in total. The first-order chi connectivity index (χ1) is 9.43. The highest BCUT2D eigenvalue weighted by atomic mass is 79.9. The number of nitrogens with zero attached hydrogens (tertiary/aromatic N) is 2. The molecule has 0 aliphatic carbocycles. The molecule has 1 aromatic heterocycles. The SMILES string of the molecule is Cc1nn(Cc2ccc(C(=O)NN)cc2Br)c(C)c1Br. The fraction of sp³-hybridized carbons (Fsp3) is 0.231.